The van der Waals surface area contributed by atoms with E-state index in [9.17, 15) is 15.3 Å². The maximum absolute atomic E-state index is 13.1. The summed E-state index contributed by atoms with van der Waals surface area (Å²) in [6.45, 7) is 14.1. The lowest BCUT2D eigenvalue weighted by Crippen LogP contribution is -3.06. The van der Waals surface area contributed by atoms with Gasteiger partial charge in [0.15, 0.2) is 5.60 Å². The molecular formula is C26H35ClN2O3. The van der Waals surface area contributed by atoms with Crippen molar-refractivity contribution in [1.29, 1.82) is 0 Å². The maximum Gasteiger partial charge on any atom is 0.151 e. The lowest BCUT2D eigenvalue weighted by molar-refractivity contribution is -0.730. The molecule has 5 rings (SSSR count). The highest BCUT2D eigenvalue weighted by Crippen LogP contribution is 2.68. The highest BCUT2D eigenvalue weighted by Gasteiger charge is 2.79. The van der Waals surface area contributed by atoms with Crippen LogP contribution in [-0.2, 0) is 16.4 Å². The first-order chi connectivity index (χ1) is 14.8. The molecular weight excluding hydrogens is 424 g/mol. The molecule has 0 amide bonds. The van der Waals surface area contributed by atoms with Gasteiger partial charge in [0.25, 0.3) is 0 Å². The standard InChI is InChI=1S/C26H35ClN2O3/c1-8-24(6)16(27)12-15-22(2,3)13-10-9-11-14-17(13)18-19(29-14)23(4,5)20(30)21(31)26(24,28-7)25(15,18)32/h8-11,15-16,20-21,29-32H,1,7,12,28H2,2-6H3. The van der Waals surface area contributed by atoms with Crippen LogP contribution in [-0.4, -0.2) is 43.4 Å². The van der Waals surface area contributed by atoms with Crippen molar-refractivity contribution in [2.75, 3.05) is 0 Å². The van der Waals surface area contributed by atoms with Gasteiger partial charge >= 0.3 is 0 Å². The number of aromatic amines is 1. The van der Waals surface area contributed by atoms with Gasteiger partial charge in [-0.2, -0.15) is 7.05 Å². The van der Waals surface area contributed by atoms with Crippen LogP contribution in [0.4, 0.5) is 0 Å². The van der Waals surface area contributed by atoms with E-state index in [4.69, 9.17) is 11.6 Å². The molecule has 3 aliphatic rings. The van der Waals surface area contributed by atoms with E-state index in [-0.39, 0.29) is 5.92 Å². The fraction of sp³-hybridized carbons (Fsp3) is 0.577. The van der Waals surface area contributed by atoms with Crippen LogP contribution in [0.3, 0.4) is 0 Å². The molecule has 2 aromatic rings. The maximum atomic E-state index is 13.1. The van der Waals surface area contributed by atoms with Gasteiger partial charge in [-0.15, -0.1) is 18.2 Å². The molecule has 0 spiro atoms. The first-order valence-electron chi connectivity index (χ1n) is 11.4. The van der Waals surface area contributed by atoms with Gasteiger partial charge in [0.2, 0.25) is 0 Å². The largest absolute Gasteiger partial charge is 0.468 e. The molecule has 0 saturated heterocycles. The van der Waals surface area contributed by atoms with Crippen molar-refractivity contribution in [1.82, 2.24) is 4.98 Å². The van der Waals surface area contributed by atoms with Crippen LogP contribution in [0, 0.1) is 18.4 Å². The number of hydrogen-bond acceptors (Lipinski definition) is 3. The molecule has 174 valence electrons. The first-order valence-corrected chi connectivity index (χ1v) is 11.9. The molecule has 1 heterocycles. The number of aliphatic hydroxyl groups excluding tert-OH is 2. The van der Waals surface area contributed by atoms with Gasteiger partial charge in [-0.05, 0) is 30.4 Å². The molecule has 1 aromatic heterocycles. The van der Waals surface area contributed by atoms with E-state index in [0.29, 0.717) is 6.42 Å². The van der Waals surface area contributed by atoms with Crippen LogP contribution in [0.1, 0.15) is 57.9 Å². The molecule has 1 aromatic carbocycles. The zero-order valence-corrected chi connectivity index (χ0v) is 20.3. The summed E-state index contributed by atoms with van der Waals surface area (Å²) in [5.74, 6) is -0.313. The predicted molar refractivity (Wildman–Crippen MR) is 126 cm³/mol. The number of halogens is 1. The fourth-order valence-corrected chi connectivity index (χ4v) is 8.19. The molecule has 7 atom stereocenters. The van der Waals surface area contributed by atoms with Gasteiger partial charge < -0.3 is 25.6 Å². The lowest BCUT2D eigenvalue weighted by Gasteiger charge is -2.67. The van der Waals surface area contributed by atoms with Gasteiger partial charge in [0.05, 0.1) is 11.5 Å². The van der Waals surface area contributed by atoms with Crippen LogP contribution < -0.4 is 5.32 Å². The lowest BCUT2D eigenvalue weighted by atomic mass is 9.42. The number of H-pyrrole nitrogens is 1. The Morgan fingerprint density at radius 1 is 1.16 bits per heavy atom. The monoisotopic (exact) mass is 458 g/mol. The summed E-state index contributed by atoms with van der Waals surface area (Å²) in [7, 11) is 4.15. The smallest absolute Gasteiger partial charge is 0.151 e. The zero-order chi connectivity index (χ0) is 23.6. The Morgan fingerprint density at radius 2 is 1.81 bits per heavy atom. The minimum atomic E-state index is -1.53. The summed E-state index contributed by atoms with van der Waals surface area (Å²) in [5, 5.41) is 39.0. The van der Waals surface area contributed by atoms with Gasteiger partial charge in [-0.1, -0.05) is 45.9 Å². The van der Waals surface area contributed by atoms with Crippen molar-refractivity contribution in [3.8, 4) is 0 Å². The summed E-state index contributed by atoms with van der Waals surface area (Å²) in [6.07, 6.45) is -0.213. The van der Waals surface area contributed by atoms with Crippen LogP contribution in [0.2, 0.25) is 0 Å². The molecule has 0 bridgehead atoms. The van der Waals surface area contributed by atoms with Crippen molar-refractivity contribution in [2.45, 2.75) is 80.6 Å². The number of aromatic nitrogens is 1. The number of alkyl halides is 1. The number of quaternary nitrogens is 1. The van der Waals surface area contributed by atoms with Crippen molar-refractivity contribution in [3.05, 3.63) is 54.7 Å². The molecule has 5 nitrogen and oxygen atoms in total. The average Bonchev–Trinajstić information content (AvgIpc) is 3.14. The zero-order valence-electron chi connectivity index (χ0n) is 19.5. The summed E-state index contributed by atoms with van der Waals surface area (Å²) >= 11 is 7.11. The van der Waals surface area contributed by atoms with Gasteiger partial charge in [-0.25, -0.2) is 0 Å². The van der Waals surface area contributed by atoms with Crippen molar-refractivity contribution < 1.29 is 20.6 Å². The Kier molecular flexibility index (Phi) is 4.34. The SMILES string of the molecule is C=CC1(C)C(Cl)CC2C(C)(C)c3cccc4[nH]c5c(c34)C2(O)C1([NH2+][CH2-])C(O)C(O)C5(C)C. The molecule has 32 heavy (non-hydrogen) atoms. The van der Waals surface area contributed by atoms with Gasteiger partial charge in [-0.3, -0.25) is 0 Å². The summed E-state index contributed by atoms with van der Waals surface area (Å²) < 4.78 is 0. The molecule has 1 saturated carbocycles. The Balaban J connectivity index is 2.08. The van der Waals surface area contributed by atoms with E-state index in [1.165, 1.54) is 0 Å². The number of nitrogens with one attached hydrogen (secondary N) is 1. The number of nitrogens with two attached hydrogens (primary N) is 1. The van der Waals surface area contributed by atoms with E-state index in [1.807, 2.05) is 32.9 Å². The third-order valence-electron chi connectivity index (χ3n) is 9.79. The van der Waals surface area contributed by atoms with Crippen LogP contribution in [0.15, 0.2) is 30.9 Å². The number of rotatable bonds is 2. The minimum absolute atomic E-state index is 0.313. The van der Waals surface area contributed by atoms with Crippen molar-refractivity contribution in [2.24, 2.45) is 11.3 Å². The topological polar surface area (TPSA) is 93.1 Å². The summed E-state index contributed by atoms with van der Waals surface area (Å²) in [4.78, 5) is 3.53. The Hall–Kier alpha value is -1.37. The van der Waals surface area contributed by atoms with Crippen LogP contribution >= 0.6 is 11.6 Å². The molecule has 1 fully saturated rings. The normalized spacial score (nSPS) is 43.7. The highest BCUT2D eigenvalue weighted by molar-refractivity contribution is 6.21. The summed E-state index contributed by atoms with van der Waals surface area (Å²) in [5.41, 5.74) is -1.51. The highest BCUT2D eigenvalue weighted by atomic mass is 35.5. The minimum Gasteiger partial charge on any atom is -0.468 e. The van der Waals surface area contributed by atoms with Gasteiger partial charge in [0.1, 0.15) is 11.6 Å². The fourth-order valence-electron chi connectivity index (χ4n) is 7.74. The van der Waals surface area contributed by atoms with Crippen molar-refractivity contribution >= 4 is 22.5 Å². The number of hydrogen-bond donors (Lipinski definition) is 5. The third-order valence-corrected chi connectivity index (χ3v) is 10.4. The molecule has 3 aliphatic carbocycles. The summed E-state index contributed by atoms with van der Waals surface area (Å²) in [6, 6.07) is 6.18. The first kappa shape index (κ1) is 22.4. The van der Waals surface area contributed by atoms with E-state index in [2.05, 4.69) is 38.5 Å². The van der Waals surface area contributed by atoms with Crippen LogP contribution in [0.25, 0.3) is 10.9 Å². The molecule has 0 aliphatic heterocycles. The predicted octanol–water partition coefficient (Wildman–Crippen LogP) is 2.57. The Bertz CT molecular complexity index is 1140. The molecule has 6 N–H and O–H groups in total. The number of aliphatic hydroxyl groups is 3. The van der Waals surface area contributed by atoms with Gasteiger partial charge in [0, 0.05) is 38.9 Å². The van der Waals surface area contributed by atoms with Crippen molar-refractivity contribution in [3.63, 3.8) is 0 Å². The average molecular weight is 459 g/mol. The quantitative estimate of drug-likeness (QED) is 0.272. The second kappa shape index (κ2) is 6.19. The second-order valence-corrected chi connectivity index (χ2v) is 12.0. The van der Waals surface area contributed by atoms with Crippen LogP contribution in [0.5, 0.6) is 0 Å². The number of benzene rings is 1. The molecule has 7 unspecified atom stereocenters. The Labute approximate surface area is 194 Å². The Morgan fingerprint density at radius 3 is 2.41 bits per heavy atom. The van der Waals surface area contributed by atoms with E-state index < -0.39 is 45.0 Å². The third kappa shape index (κ3) is 2.00. The molecule has 0 radical (unpaired) electrons. The van der Waals surface area contributed by atoms with E-state index in [0.717, 1.165) is 27.7 Å². The molecule has 6 heteroatoms. The second-order valence-electron chi connectivity index (χ2n) is 11.5. The van der Waals surface area contributed by atoms with E-state index >= 15 is 0 Å². The van der Waals surface area contributed by atoms with E-state index in [1.54, 1.807) is 11.4 Å².